The summed E-state index contributed by atoms with van der Waals surface area (Å²) in [5, 5.41) is 12.0. The highest BCUT2D eigenvalue weighted by atomic mass is 32.1. The molecule has 4 heteroatoms. The molecule has 2 aromatic heterocycles. The van der Waals surface area contributed by atoms with E-state index >= 15 is 0 Å². The number of aromatic nitrogens is 2. The predicted molar refractivity (Wildman–Crippen MR) is 52.5 cm³/mol. The number of hydrogen-bond acceptors (Lipinski definition) is 3. The van der Waals surface area contributed by atoms with Crippen LogP contribution in [0.1, 0.15) is 18.0 Å². The molecule has 0 saturated heterocycles. The second-order valence-corrected chi connectivity index (χ2v) is 3.72. The smallest absolute Gasteiger partial charge is 0.122 e. The van der Waals surface area contributed by atoms with Gasteiger partial charge in [0.05, 0.1) is 11.4 Å². The zero-order valence-corrected chi connectivity index (χ0v) is 8.01. The molecular weight excluding hydrogens is 184 g/mol. The Balaban J connectivity index is 2.33. The normalized spacial score (nSPS) is 13.1. The fraction of sp³-hybridized carbons (Fsp3) is 0.222. The van der Waals surface area contributed by atoms with Gasteiger partial charge in [-0.25, -0.2) is 4.98 Å². The molecular formula is C9H10N2OS. The standard InChI is InChI=1S/C9H10N2OS/c1-6(12)9-11-8(5-13-9)7-3-2-4-10-7/h2-6,10,12H,1H3. The molecule has 0 spiro atoms. The lowest BCUT2D eigenvalue weighted by Crippen LogP contribution is -1.88. The van der Waals surface area contributed by atoms with E-state index in [9.17, 15) is 5.11 Å². The molecule has 13 heavy (non-hydrogen) atoms. The second kappa shape index (κ2) is 3.32. The third-order valence-electron chi connectivity index (χ3n) is 1.75. The summed E-state index contributed by atoms with van der Waals surface area (Å²) in [4.78, 5) is 7.36. The summed E-state index contributed by atoms with van der Waals surface area (Å²) >= 11 is 1.47. The van der Waals surface area contributed by atoms with Crippen LogP contribution in [0.4, 0.5) is 0 Å². The monoisotopic (exact) mass is 194 g/mol. The quantitative estimate of drug-likeness (QED) is 0.770. The predicted octanol–water partition coefficient (Wildman–Crippen LogP) is 2.19. The van der Waals surface area contributed by atoms with Crippen molar-refractivity contribution in [2.45, 2.75) is 13.0 Å². The molecule has 0 fully saturated rings. The number of rotatable bonds is 2. The van der Waals surface area contributed by atoms with Gasteiger partial charge in [-0.05, 0) is 19.1 Å². The van der Waals surface area contributed by atoms with Crippen LogP contribution in [0.5, 0.6) is 0 Å². The van der Waals surface area contributed by atoms with E-state index in [2.05, 4.69) is 9.97 Å². The maximum Gasteiger partial charge on any atom is 0.122 e. The van der Waals surface area contributed by atoms with E-state index in [-0.39, 0.29) is 0 Å². The maximum absolute atomic E-state index is 9.27. The largest absolute Gasteiger partial charge is 0.386 e. The van der Waals surface area contributed by atoms with Gasteiger partial charge in [-0.3, -0.25) is 0 Å². The summed E-state index contributed by atoms with van der Waals surface area (Å²) < 4.78 is 0. The molecule has 68 valence electrons. The van der Waals surface area contributed by atoms with Crippen LogP contribution in [-0.4, -0.2) is 15.1 Å². The van der Waals surface area contributed by atoms with Crippen LogP contribution < -0.4 is 0 Å². The molecule has 0 amide bonds. The number of aliphatic hydroxyl groups is 1. The number of nitrogens with one attached hydrogen (secondary N) is 1. The fourth-order valence-corrected chi connectivity index (χ4v) is 1.85. The van der Waals surface area contributed by atoms with Gasteiger partial charge in [0.15, 0.2) is 0 Å². The van der Waals surface area contributed by atoms with E-state index < -0.39 is 6.10 Å². The highest BCUT2D eigenvalue weighted by molar-refractivity contribution is 7.10. The van der Waals surface area contributed by atoms with Gasteiger partial charge in [-0.1, -0.05) is 0 Å². The minimum Gasteiger partial charge on any atom is -0.386 e. The van der Waals surface area contributed by atoms with Crippen LogP contribution in [-0.2, 0) is 0 Å². The lowest BCUT2D eigenvalue weighted by atomic mass is 10.3. The van der Waals surface area contributed by atoms with Gasteiger partial charge in [0.1, 0.15) is 11.1 Å². The molecule has 0 aromatic carbocycles. The van der Waals surface area contributed by atoms with Crippen molar-refractivity contribution >= 4 is 11.3 Å². The maximum atomic E-state index is 9.27. The molecule has 3 nitrogen and oxygen atoms in total. The van der Waals surface area contributed by atoms with Crippen LogP contribution in [0.15, 0.2) is 23.7 Å². The minimum absolute atomic E-state index is 0.478. The summed E-state index contributed by atoms with van der Waals surface area (Å²) in [5.74, 6) is 0. The Morgan fingerprint density at radius 1 is 1.62 bits per heavy atom. The summed E-state index contributed by atoms with van der Waals surface area (Å²) in [5.41, 5.74) is 1.88. The Labute approximate surface area is 80.1 Å². The van der Waals surface area contributed by atoms with Crippen molar-refractivity contribution in [1.29, 1.82) is 0 Å². The van der Waals surface area contributed by atoms with Crippen LogP contribution in [0.3, 0.4) is 0 Å². The van der Waals surface area contributed by atoms with Gasteiger partial charge >= 0.3 is 0 Å². The molecule has 0 bridgehead atoms. The van der Waals surface area contributed by atoms with Crippen molar-refractivity contribution < 1.29 is 5.11 Å². The molecule has 0 saturated carbocycles. The molecule has 2 rings (SSSR count). The van der Waals surface area contributed by atoms with Gasteiger partial charge in [0, 0.05) is 11.6 Å². The van der Waals surface area contributed by atoms with E-state index in [1.165, 1.54) is 11.3 Å². The van der Waals surface area contributed by atoms with Gasteiger partial charge in [0.25, 0.3) is 0 Å². The third kappa shape index (κ3) is 1.64. The van der Waals surface area contributed by atoms with Crippen LogP contribution in [0.25, 0.3) is 11.4 Å². The zero-order valence-electron chi connectivity index (χ0n) is 7.19. The minimum atomic E-state index is -0.478. The first kappa shape index (κ1) is 8.47. The number of aliphatic hydroxyl groups excluding tert-OH is 1. The lowest BCUT2D eigenvalue weighted by molar-refractivity contribution is 0.199. The Morgan fingerprint density at radius 3 is 3.00 bits per heavy atom. The van der Waals surface area contributed by atoms with Crippen LogP contribution in [0.2, 0.25) is 0 Å². The summed E-state index contributed by atoms with van der Waals surface area (Å²) in [7, 11) is 0. The summed E-state index contributed by atoms with van der Waals surface area (Å²) in [6.45, 7) is 1.72. The van der Waals surface area contributed by atoms with E-state index in [4.69, 9.17) is 0 Å². The molecule has 2 N–H and O–H groups in total. The highest BCUT2D eigenvalue weighted by Gasteiger charge is 2.08. The second-order valence-electron chi connectivity index (χ2n) is 2.83. The first-order valence-electron chi connectivity index (χ1n) is 4.04. The Kier molecular flexibility index (Phi) is 2.16. The van der Waals surface area contributed by atoms with Gasteiger partial charge in [-0.2, -0.15) is 0 Å². The third-order valence-corrected chi connectivity index (χ3v) is 2.77. The topological polar surface area (TPSA) is 48.9 Å². The molecule has 0 radical (unpaired) electrons. The molecule has 1 atom stereocenters. The lowest BCUT2D eigenvalue weighted by Gasteiger charge is -1.95. The molecule has 0 aliphatic heterocycles. The van der Waals surface area contributed by atoms with Gasteiger partial charge in [-0.15, -0.1) is 11.3 Å². The van der Waals surface area contributed by atoms with E-state index in [1.807, 2.05) is 23.7 Å². The molecule has 1 unspecified atom stereocenters. The fourth-order valence-electron chi connectivity index (χ4n) is 1.09. The van der Waals surface area contributed by atoms with Crippen molar-refractivity contribution in [1.82, 2.24) is 9.97 Å². The number of aromatic amines is 1. The van der Waals surface area contributed by atoms with E-state index in [1.54, 1.807) is 6.92 Å². The zero-order chi connectivity index (χ0) is 9.26. The first-order chi connectivity index (χ1) is 6.27. The van der Waals surface area contributed by atoms with Crippen molar-refractivity contribution in [3.63, 3.8) is 0 Å². The van der Waals surface area contributed by atoms with Crippen molar-refractivity contribution in [3.8, 4) is 11.4 Å². The molecule has 2 aromatic rings. The highest BCUT2D eigenvalue weighted by Crippen LogP contribution is 2.23. The first-order valence-corrected chi connectivity index (χ1v) is 4.92. The molecule has 0 aliphatic rings. The Bertz CT molecular complexity index is 378. The number of nitrogens with zero attached hydrogens (tertiary/aromatic N) is 1. The summed E-state index contributed by atoms with van der Waals surface area (Å²) in [6.07, 6.45) is 1.38. The molecule has 0 aliphatic carbocycles. The van der Waals surface area contributed by atoms with E-state index in [0.717, 1.165) is 16.4 Å². The number of hydrogen-bond donors (Lipinski definition) is 2. The average Bonchev–Trinajstić information content (AvgIpc) is 2.75. The van der Waals surface area contributed by atoms with Crippen molar-refractivity contribution in [2.75, 3.05) is 0 Å². The van der Waals surface area contributed by atoms with Crippen LogP contribution >= 0.6 is 11.3 Å². The van der Waals surface area contributed by atoms with Gasteiger partial charge < -0.3 is 10.1 Å². The van der Waals surface area contributed by atoms with Crippen molar-refractivity contribution in [2.24, 2.45) is 0 Å². The van der Waals surface area contributed by atoms with Gasteiger partial charge in [0.2, 0.25) is 0 Å². The Morgan fingerprint density at radius 2 is 2.46 bits per heavy atom. The Hall–Kier alpha value is -1.13. The number of thiazole rings is 1. The van der Waals surface area contributed by atoms with Crippen LogP contribution in [0, 0.1) is 0 Å². The SMILES string of the molecule is CC(O)c1nc(-c2ccc[nH]2)cs1. The number of H-pyrrole nitrogens is 1. The summed E-state index contributed by atoms with van der Waals surface area (Å²) in [6, 6.07) is 3.89. The van der Waals surface area contributed by atoms with E-state index in [0.29, 0.717) is 0 Å². The molecule has 2 heterocycles. The van der Waals surface area contributed by atoms with Crippen molar-refractivity contribution in [3.05, 3.63) is 28.7 Å². The average molecular weight is 194 g/mol.